The fourth-order valence-corrected chi connectivity index (χ4v) is 2.37. The summed E-state index contributed by atoms with van der Waals surface area (Å²) in [6.45, 7) is 5.60. The maximum absolute atomic E-state index is 12.1. The second-order valence-corrected chi connectivity index (χ2v) is 7.07. The van der Waals surface area contributed by atoms with E-state index in [0.29, 0.717) is 0 Å². The van der Waals surface area contributed by atoms with Crippen LogP contribution in [0.4, 0.5) is 4.79 Å². The molecule has 1 saturated carbocycles. The third-order valence-electron chi connectivity index (χ3n) is 3.72. The van der Waals surface area contributed by atoms with Crippen molar-refractivity contribution in [1.29, 1.82) is 0 Å². The molecule has 1 aliphatic rings. The number of rotatable bonds is 1. The standard InChI is InChI=1S/C17H28N2O3/c1-17(2,3)22-16(21)19(6)14-10-7-13(8-11-14)9-12-15(20)18(4)5/h13-14H,7-8,10-11H2,1-6H3. The van der Waals surface area contributed by atoms with Crippen molar-refractivity contribution < 1.29 is 14.3 Å². The number of nitrogens with zero attached hydrogens (tertiary/aromatic N) is 2. The average Bonchev–Trinajstić information content (AvgIpc) is 2.42. The van der Waals surface area contributed by atoms with Gasteiger partial charge in [-0.15, -0.1) is 0 Å². The summed E-state index contributed by atoms with van der Waals surface area (Å²) in [5.74, 6) is 5.82. The quantitative estimate of drug-likeness (QED) is 0.699. The number of carbonyl (C=O) groups excluding carboxylic acids is 2. The summed E-state index contributed by atoms with van der Waals surface area (Å²) in [7, 11) is 5.19. The molecule has 0 aromatic rings. The molecule has 0 aliphatic heterocycles. The van der Waals surface area contributed by atoms with Crippen molar-refractivity contribution in [3.8, 4) is 11.8 Å². The largest absolute Gasteiger partial charge is 0.444 e. The molecule has 5 nitrogen and oxygen atoms in total. The highest BCUT2D eigenvalue weighted by Crippen LogP contribution is 2.27. The van der Waals surface area contributed by atoms with Crippen LogP contribution in [0.25, 0.3) is 0 Å². The van der Waals surface area contributed by atoms with E-state index in [2.05, 4.69) is 11.8 Å². The van der Waals surface area contributed by atoms with Crippen LogP contribution in [0.5, 0.6) is 0 Å². The zero-order chi connectivity index (χ0) is 16.9. The molecule has 124 valence electrons. The molecule has 2 amide bonds. The summed E-state index contributed by atoms with van der Waals surface area (Å²) in [6.07, 6.45) is 3.33. The number of ether oxygens (including phenoxy) is 1. The van der Waals surface area contributed by atoms with Gasteiger partial charge < -0.3 is 14.5 Å². The van der Waals surface area contributed by atoms with E-state index in [1.54, 1.807) is 26.0 Å². The fourth-order valence-electron chi connectivity index (χ4n) is 2.37. The molecule has 5 heteroatoms. The van der Waals surface area contributed by atoms with Crippen LogP contribution in [-0.2, 0) is 9.53 Å². The van der Waals surface area contributed by atoms with E-state index >= 15 is 0 Å². The maximum atomic E-state index is 12.1. The Balaban J connectivity index is 2.48. The third kappa shape index (κ3) is 5.97. The number of hydrogen-bond acceptors (Lipinski definition) is 3. The second-order valence-electron chi connectivity index (χ2n) is 7.07. The summed E-state index contributed by atoms with van der Waals surface area (Å²) in [4.78, 5) is 26.7. The van der Waals surface area contributed by atoms with Gasteiger partial charge in [0.15, 0.2) is 0 Å². The monoisotopic (exact) mass is 308 g/mol. The summed E-state index contributed by atoms with van der Waals surface area (Å²) in [5, 5.41) is 0. The van der Waals surface area contributed by atoms with Gasteiger partial charge in [-0.3, -0.25) is 4.79 Å². The first-order chi connectivity index (χ1) is 10.1. The Morgan fingerprint density at radius 2 is 1.59 bits per heavy atom. The van der Waals surface area contributed by atoms with Crippen LogP contribution in [-0.4, -0.2) is 54.6 Å². The Morgan fingerprint density at radius 1 is 1.05 bits per heavy atom. The highest BCUT2D eigenvalue weighted by atomic mass is 16.6. The van der Waals surface area contributed by atoms with Crippen LogP contribution in [0, 0.1) is 17.8 Å². The highest BCUT2D eigenvalue weighted by Gasteiger charge is 2.28. The van der Waals surface area contributed by atoms with E-state index in [1.165, 1.54) is 4.90 Å². The summed E-state index contributed by atoms with van der Waals surface area (Å²) >= 11 is 0. The van der Waals surface area contributed by atoms with Crippen LogP contribution in [0.15, 0.2) is 0 Å². The van der Waals surface area contributed by atoms with Crippen LogP contribution in [0.1, 0.15) is 46.5 Å². The molecule has 0 atom stereocenters. The molecule has 0 aromatic heterocycles. The predicted molar refractivity (Wildman–Crippen MR) is 86.2 cm³/mol. The molecule has 0 heterocycles. The van der Waals surface area contributed by atoms with Gasteiger partial charge in [0.2, 0.25) is 0 Å². The first-order valence-electron chi connectivity index (χ1n) is 7.79. The SMILES string of the molecule is CN(C)C(=O)C#CC1CCC(N(C)C(=O)OC(C)(C)C)CC1. The van der Waals surface area contributed by atoms with Crippen molar-refractivity contribution in [3.63, 3.8) is 0 Å². The lowest BCUT2D eigenvalue weighted by Gasteiger charge is -2.34. The molecule has 1 rings (SSSR count). The van der Waals surface area contributed by atoms with Gasteiger partial charge in [0.25, 0.3) is 5.91 Å². The minimum Gasteiger partial charge on any atom is -0.444 e. The number of carbonyl (C=O) groups is 2. The molecule has 0 aromatic carbocycles. The summed E-state index contributed by atoms with van der Waals surface area (Å²) in [5.41, 5.74) is -0.472. The van der Waals surface area contributed by atoms with Gasteiger partial charge >= 0.3 is 6.09 Å². The first kappa shape index (κ1) is 18.3. The van der Waals surface area contributed by atoms with Gasteiger partial charge in [-0.05, 0) is 52.4 Å². The van der Waals surface area contributed by atoms with Crippen LogP contribution >= 0.6 is 0 Å². The molecule has 0 saturated heterocycles. The zero-order valence-corrected chi connectivity index (χ0v) is 14.6. The molecule has 0 N–H and O–H groups in total. The van der Waals surface area contributed by atoms with Crippen molar-refractivity contribution in [1.82, 2.24) is 9.80 Å². The fraction of sp³-hybridized carbons (Fsp3) is 0.765. The molecule has 22 heavy (non-hydrogen) atoms. The number of hydrogen-bond donors (Lipinski definition) is 0. The van der Waals surface area contributed by atoms with E-state index in [4.69, 9.17) is 4.74 Å². The Hall–Kier alpha value is -1.70. The van der Waals surface area contributed by atoms with Crippen molar-refractivity contribution in [2.75, 3.05) is 21.1 Å². The topological polar surface area (TPSA) is 49.9 Å². The molecule has 1 aliphatic carbocycles. The smallest absolute Gasteiger partial charge is 0.410 e. The van der Waals surface area contributed by atoms with Crippen LogP contribution in [0.2, 0.25) is 0 Å². The maximum Gasteiger partial charge on any atom is 0.410 e. The lowest BCUT2D eigenvalue weighted by atomic mass is 9.86. The van der Waals surface area contributed by atoms with Crippen molar-refractivity contribution in [2.45, 2.75) is 58.1 Å². The van der Waals surface area contributed by atoms with Crippen LogP contribution in [0.3, 0.4) is 0 Å². The van der Waals surface area contributed by atoms with Crippen molar-refractivity contribution in [3.05, 3.63) is 0 Å². The molecular weight excluding hydrogens is 280 g/mol. The predicted octanol–water partition coefficient (Wildman–Crippen LogP) is 2.50. The van der Waals surface area contributed by atoms with E-state index in [1.807, 2.05) is 20.8 Å². The van der Waals surface area contributed by atoms with E-state index in [9.17, 15) is 9.59 Å². The van der Waals surface area contributed by atoms with E-state index < -0.39 is 5.60 Å². The molecular formula is C17H28N2O3. The molecule has 0 bridgehead atoms. The van der Waals surface area contributed by atoms with Gasteiger partial charge in [0, 0.05) is 33.1 Å². The van der Waals surface area contributed by atoms with Crippen LogP contribution < -0.4 is 0 Å². The first-order valence-corrected chi connectivity index (χ1v) is 7.79. The summed E-state index contributed by atoms with van der Waals surface area (Å²) in [6, 6.07) is 0.192. The zero-order valence-electron chi connectivity index (χ0n) is 14.6. The molecule has 0 unspecified atom stereocenters. The van der Waals surface area contributed by atoms with E-state index in [0.717, 1.165) is 25.7 Å². The second kappa shape index (κ2) is 7.53. The lowest BCUT2D eigenvalue weighted by molar-refractivity contribution is -0.122. The van der Waals surface area contributed by atoms with Gasteiger partial charge in [0.05, 0.1) is 0 Å². The Bertz CT molecular complexity index is 461. The van der Waals surface area contributed by atoms with Gasteiger partial charge in [0.1, 0.15) is 5.60 Å². The Labute approximate surface area is 134 Å². The van der Waals surface area contributed by atoms with Gasteiger partial charge in [-0.1, -0.05) is 5.92 Å². The van der Waals surface area contributed by atoms with E-state index in [-0.39, 0.29) is 24.0 Å². The number of amides is 2. The normalized spacial score (nSPS) is 21.4. The molecule has 0 spiro atoms. The van der Waals surface area contributed by atoms with Gasteiger partial charge in [-0.25, -0.2) is 4.79 Å². The Morgan fingerprint density at radius 3 is 2.05 bits per heavy atom. The summed E-state index contributed by atoms with van der Waals surface area (Å²) < 4.78 is 5.39. The Kier molecular flexibility index (Phi) is 6.28. The molecule has 1 fully saturated rings. The highest BCUT2D eigenvalue weighted by molar-refractivity contribution is 5.93. The third-order valence-corrected chi connectivity index (χ3v) is 3.72. The lowest BCUT2D eigenvalue weighted by Crippen LogP contribution is -2.42. The average molecular weight is 308 g/mol. The van der Waals surface area contributed by atoms with Crippen molar-refractivity contribution in [2.24, 2.45) is 5.92 Å². The minimum absolute atomic E-state index is 0.159. The molecule has 0 radical (unpaired) electrons. The van der Waals surface area contributed by atoms with Crippen molar-refractivity contribution >= 4 is 12.0 Å². The minimum atomic E-state index is -0.472. The van der Waals surface area contributed by atoms with Gasteiger partial charge in [-0.2, -0.15) is 0 Å².